The quantitative estimate of drug-likeness (QED) is 0.156. The van der Waals surface area contributed by atoms with Crippen molar-refractivity contribution in [3.63, 3.8) is 0 Å². The number of nitrogens with zero attached hydrogens (tertiary/aromatic N) is 1. The molecule has 2 aliphatic rings. The van der Waals surface area contributed by atoms with E-state index in [1.165, 1.54) is 76.8 Å². The van der Waals surface area contributed by atoms with E-state index >= 15 is 0 Å². The van der Waals surface area contributed by atoms with Gasteiger partial charge in [-0.05, 0) is 108 Å². The summed E-state index contributed by atoms with van der Waals surface area (Å²) in [4.78, 5) is 2.55. The Labute approximate surface area is 355 Å². The van der Waals surface area contributed by atoms with Crippen LogP contribution < -0.4 is 4.90 Å². The Bertz CT molecular complexity index is 3120. The van der Waals surface area contributed by atoms with Gasteiger partial charge in [-0.3, -0.25) is 0 Å². The number of fused-ring (bicyclic) bond motifs is 7. The fourth-order valence-electron chi connectivity index (χ4n) is 10.7. The van der Waals surface area contributed by atoms with E-state index in [2.05, 4.69) is 241 Å². The Morgan fingerprint density at radius 3 is 1.42 bits per heavy atom. The highest BCUT2D eigenvalue weighted by Crippen LogP contribution is 2.61. The van der Waals surface area contributed by atoms with Crippen LogP contribution in [0.2, 0.25) is 0 Å². The van der Waals surface area contributed by atoms with Gasteiger partial charge in [-0.15, -0.1) is 11.3 Å². The topological polar surface area (TPSA) is 3.24 Å². The minimum absolute atomic E-state index is 0.527. The molecule has 0 saturated heterocycles. The Balaban J connectivity index is 1.20. The van der Waals surface area contributed by atoms with Crippen LogP contribution in [0, 0.1) is 0 Å². The molecule has 0 atom stereocenters. The lowest BCUT2D eigenvalue weighted by Crippen LogP contribution is -2.31. The third kappa shape index (κ3) is 4.86. The third-order valence-corrected chi connectivity index (χ3v) is 14.0. The average Bonchev–Trinajstić information content (AvgIpc) is 4.01. The van der Waals surface area contributed by atoms with Gasteiger partial charge in [0.25, 0.3) is 0 Å². The Kier molecular flexibility index (Phi) is 7.91. The van der Waals surface area contributed by atoms with Gasteiger partial charge in [-0.2, -0.15) is 0 Å². The molecule has 0 fully saturated rings. The molecular formula is C58H39NS. The first-order valence-electron chi connectivity index (χ1n) is 20.8. The minimum Gasteiger partial charge on any atom is -0.310 e. The minimum atomic E-state index is -0.582. The summed E-state index contributed by atoms with van der Waals surface area (Å²) in [5.41, 5.74) is 17.6. The highest BCUT2D eigenvalue weighted by Gasteiger charge is 2.49. The van der Waals surface area contributed by atoms with E-state index in [0.717, 1.165) is 17.1 Å². The van der Waals surface area contributed by atoms with Crippen LogP contribution in [-0.2, 0) is 10.8 Å². The van der Waals surface area contributed by atoms with Gasteiger partial charge >= 0.3 is 0 Å². The summed E-state index contributed by atoms with van der Waals surface area (Å²) in [6, 6.07) is 86.0. The number of anilines is 3. The molecule has 1 aromatic heterocycles. The van der Waals surface area contributed by atoms with E-state index in [0.29, 0.717) is 0 Å². The van der Waals surface area contributed by atoms with E-state index in [-0.39, 0.29) is 0 Å². The highest BCUT2D eigenvalue weighted by molar-refractivity contribution is 7.17. The lowest BCUT2D eigenvalue weighted by atomic mass is 9.67. The van der Waals surface area contributed by atoms with Gasteiger partial charge in [0.2, 0.25) is 0 Å². The van der Waals surface area contributed by atoms with Crippen molar-refractivity contribution in [1.82, 2.24) is 0 Å². The van der Waals surface area contributed by atoms with E-state index in [9.17, 15) is 0 Å². The predicted octanol–water partition coefficient (Wildman–Crippen LogP) is 15.1. The second-order valence-electron chi connectivity index (χ2n) is 16.0. The molecule has 0 radical (unpaired) electrons. The largest absolute Gasteiger partial charge is 0.310 e. The van der Waals surface area contributed by atoms with E-state index in [1.807, 2.05) is 0 Å². The summed E-state index contributed by atoms with van der Waals surface area (Å²) in [6.45, 7) is 0. The fraction of sp³-hybridized carbons (Fsp3) is 0.0345. The third-order valence-electron chi connectivity index (χ3n) is 13.1. The molecule has 12 rings (SSSR count). The first-order valence-corrected chi connectivity index (χ1v) is 21.6. The molecule has 1 nitrogen and oxygen atoms in total. The molecule has 0 saturated carbocycles. The lowest BCUT2D eigenvalue weighted by molar-refractivity contribution is 0.765. The van der Waals surface area contributed by atoms with Gasteiger partial charge in [0.05, 0.1) is 16.5 Å². The second kappa shape index (κ2) is 13.7. The summed E-state index contributed by atoms with van der Waals surface area (Å²) in [6.07, 6.45) is 0. The van der Waals surface area contributed by atoms with Gasteiger partial charge < -0.3 is 4.90 Å². The van der Waals surface area contributed by atoms with Crippen LogP contribution in [0.4, 0.5) is 17.1 Å². The standard InChI is InChI=1S/C58H39NS/c1-5-18-41(19-6-1)57(42-20-7-2-8-21-42)51-29-15-13-26-47(51)49-35-34-45(38-53(49)57)59(46-33-32-40-36-37-60-55(40)39-46)54-31-17-28-50-48-27-14-16-30-52(48)58(56(50)54,43-22-9-3-10-23-43)44-24-11-4-12-25-44/h1-39H. The number of hydrogen-bond acceptors (Lipinski definition) is 2. The lowest BCUT2D eigenvalue weighted by Gasteiger charge is -2.38. The smallest absolute Gasteiger partial charge is 0.0734 e. The molecule has 9 aromatic carbocycles. The molecule has 60 heavy (non-hydrogen) atoms. The van der Waals surface area contributed by atoms with Gasteiger partial charge in [0.1, 0.15) is 0 Å². The van der Waals surface area contributed by atoms with E-state index < -0.39 is 10.8 Å². The molecule has 10 aromatic rings. The number of hydrogen-bond donors (Lipinski definition) is 0. The fourth-order valence-corrected chi connectivity index (χ4v) is 11.6. The Hall–Kier alpha value is -7.26. The van der Waals surface area contributed by atoms with Crippen LogP contribution in [0.1, 0.15) is 44.5 Å². The summed E-state index contributed by atoms with van der Waals surface area (Å²) in [5, 5.41) is 3.46. The van der Waals surface area contributed by atoms with Gasteiger partial charge in [-0.25, -0.2) is 0 Å². The summed E-state index contributed by atoms with van der Waals surface area (Å²) < 4.78 is 1.27. The molecule has 0 amide bonds. The van der Waals surface area contributed by atoms with Crippen molar-refractivity contribution >= 4 is 38.5 Å². The van der Waals surface area contributed by atoms with Crippen LogP contribution in [0.25, 0.3) is 32.3 Å². The van der Waals surface area contributed by atoms with Crippen molar-refractivity contribution in [2.24, 2.45) is 0 Å². The average molecular weight is 782 g/mol. The number of benzene rings is 9. The Morgan fingerprint density at radius 2 is 0.800 bits per heavy atom. The van der Waals surface area contributed by atoms with Crippen LogP contribution in [-0.4, -0.2) is 0 Å². The molecule has 2 heteroatoms. The van der Waals surface area contributed by atoms with Gasteiger partial charge in [0.15, 0.2) is 0 Å². The molecule has 1 heterocycles. The molecule has 2 aliphatic carbocycles. The maximum atomic E-state index is 2.55. The van der Waals surface area contributed by atoms with Crippen molar-refractivity contribution in [2.45, 2.75) is 10.8 Å². The zero-order chi connectivity index (χ0) is 39.7. The zero-order valence-corrected chi connectivity index (χ0v) is 33.7. The number of rotatable bonds is 7. The van der Waals surface area contributed by atoms with E-state index in [4.69, 9.17) is 0 Å². The predicted molar refractivity (Wildman–Crippen MR) is 251 cm³/mol. The molecule has 0 aliphatic heterocycles. The normalized spacial score (nSPS) is 13.9. The highest BCUT2D eigenvalue weighted by atomic mass is 32.1. The van der Waals surface area contributed by atoms with Crippen molar-refractivity contribution in [3.05, 3.63) is 280 Å². The monoisotopic (exact) mass is 781 g/mol. The van der Waals surface area contributed by atoms with Gasteiger partial charge in [0, 0.05) is 21.6 Å². The second-order valence-corrected chi connectivity index (χ2v) is 16.9. The maximum Gasteiger partial charge on any atom is 0.0734 e. The molecule has 0 N–H and O–H groups in total. The number of thiophene rings is 1. The van der Waals surface area contributed by atoms with E-state index in [1.54, 1.807) is 11.3 Å². The van der Waals surface area contributed by atoms with Crippen molar-refractivity contribution < 1.29 is 0 Å². The summed E-state index contributed by atoms with van der Waals surface area (Å²) in [5.74, 6) is 0. The molecule has 0 bridgehead atoms. The molecule has 282 valence electrons. The molecule has 0 spiro atoms. The van der Waals surface area contributed by atoms with Gasteiger partial charge in [-0.1, -0.05) is 194 Å². The maximum absolute atomic E-state index is 2.55. The first-order chi connectivity index (χ1) is 29.8. The van der Waals surface area contributed by atoms with Crippen molar-refractivity contribution in [1.29, 1.82) is 0 Å². The van der Waals surface area contributed by atoms with Crippen LogP contribution in [0.3, 0.4) is 0 Å². The Morgan fingerprint density at radius 1 is 0.333 bits per heavy atom. The molecular weight excluding hydrogens is 743 g/mol. The zero-order valence-electron chi connectivity index (χ0n) is 32.9. The SMILES string of the molecule is c1ccc(C2(c3ccccc3)c3ccccc3-c3ccc(N(c4ccc5ccsc5c4)c4cccc5c4C(c4ccccc4)(c4ccccc4)c4ccccc4-5)cc32)cc1. The first kappa shape index (κ1) is 34.8. The van der Waals surface area contributed by atoms with Crippen LogP contribution in [0.5, 0.6) is 0 Å². The summed E-state index contributed by atoms with van der Waals surface area (Å²) in [7, 11) is 0. The van der Waals surface area contributed by atoms with Crippen molar-refractivity contribution in [2.75, 3.05) is 4.90 Å². The molecule has 0 unspecified atom stereocenters. The summed E-state index contributed by atoms with van der Waals surface area (Å²) >= 11 is 1.80. The van der Waals surface area contributed by atoms with Crippen LogP contribution in [0.15, 0.2) is 236 Å². The van der Waals surface area contributed by atoms with Crippen molar-refractivity contribution in [3.8, 4) is 22.3 Å². The van der Waals surface area contributed by atoms with Crippen LogP contribution >= 0.6 is 11.3 Å².